The molecular weight excluding hydrogens is 218 g/mol. The molecule has 0 bridgehead atoms. The van der Waals surface area contributed by atoms with E-state index in [1.165, 1.54) is 35.9 Å². The predicted octanol–water partition coefficient (Wildman–Crippen LogP) is 1.97. The van der Waals surface area contributed by atoms with Gasteiger partial charge in [-0.25, -0.2) is 4.98 Å². The van der Waals surface area contributed by atoms with E-state index >= 15 is 0 Å². The van der Waals surface area contributed by atoms with Crippen molar-refractivity contribution in [3.05, 3.63) is 17.7 Å². The molecule has 1 aromatic rings. The van der Waals surface area contributed by atoms with Gasteiger partial charge in [0.25, 0.3) is 0 Å². The highest BCUT2D eigenvalue weighted by atomic mass is 32.2. The lowest BCUT2D eigenvalue weighted by atomic mass is 10.0. The van der Waals surface area contributed by atoms with Crippen molar-refractivity contribution in [3.8, 4) is 0 Å². The standard InChI is InChI=1S/C12H19N3S/c13-10-2-1-4-15-11(10)7-14-12(15)6-9-3-5-16-8-9/h7,9-10H,1-6,8,13H2. The molecule has 2 atom stereocenters. The van der Waals surface area contributed by atoms with Gasteiger partial charge in [0.1, 0.15) is 5.82 Å². The monoisotopic (exact) mass is 237 g/mol. The zero-order valence-electron chi connectivity index (χ0n) is 9.56. The molecule has 0 saturated carbocycles. The van der Waals surface area contributed by atoms with Crippen molar-refractivity contribution < 1.29 is 0 Å². The summed E-state index contributed by atoms with van der Waals surface area (Å²) in [6.07, 6.45) is 6.83. The van der Waals surface area contributed by atoms with Crippen molar-refractivity contribution in [2.24, 2.45) is 11.7 Å². The van der Waals surface area contributed by atoms with Crippen LogP contribution in [0.1, 0.15) is 36.8 Å². The van der Waals surface area contributed by atoms with Gasteiger partial charge in [-0.3, -0.25) is 0 Å². The van der Waals surface area contributed by atoms with Gasteiger partial charge >= 0.3 is 0 Å². The molecule has 1 fully saturated rings. The molecule has 88 valence electrons. The summed E-state index contributed by atoms with van der Waals surface area (Å²) in [5.74, 6) is 4.76. The molecular formula is C12H19N3S. The van der Waals surface area contributed by atoms with Crippen LogP contribution in [0.3, 0.4) is 0 Å². The second-order valence-electron chi connectivity index (χ2n) is 4.93. The van der Waals surface area contributed by atoms with Crippen LogP contribution in [-0.4, -0.2) is 21.1 Å². The third-order valence-corrected chi connectivity index (χ3v) is 4.97. The molecule has 0 spiro atoms. The highest BCUT2D eigenvalue weighted by molar-refractivity contribution is 7.99. The Bertz CT molecular complexity index is 368. The molecule has 2 N–H and O–H groups in total. The lowest BCUT2D eigenvalue weighted by Crippen LogP contribution is -2.23. The van der Waals surface area contributed by atoms with Crippen molar-refractivity contribution in [2.75, 3.05) is 11.5 Å². The van der Waals surface area contributed by atoms with Crippen LogP contribution < -0.4 is 5.73 Å². The van der Waals surface area contributed by atoms with Gasteiger partial charge in [-0.05, 0) is 36.7 Å². The molecule has 2 aliphatic heterocycles. The fraction of sp³-hybridized carbons (Fsp3) is 0.750. The maximum atomic E-state index is 6.10. The fourth-order valence-corrected chi connectivity index (χ4v) is 4.05. The van der Waals surface area contributed by atoms with Crippen LogP contribution in [0.5, 0.6) is 0 Å². The molecule has 4 heteroatoms. The number of hydrogen-bond donors (Lipinski definition) is 1. The Morgan fingerprint density at radius 2 is 2.44 bits per heavy atom. The third-order valence-electron chi connectivity index (χ3n) is 3.74. The first-order chi connectivity index (χ1) is 7.84. The lowest BCUT2D eigenvalue weighted by molar-refractivity contribution is 0.441. The fourth-order valence-electron chi connectivity index (χ4n) is 2.77. The van der Waals surface area contributed by atoms with Crippen LogP contribution in [-0.2, 0) is 13.0 Å². The number of nitrogens with zero attached hydrogens (tertiary/aromatic N) is 2. The van der Waals surface area contributed by atoms with Crippen molar-refractivity contribution in [2.45, 2.75) is 38.3 Å². The van der Waals surface area contributed by atoms with Gasteiger partial charge in [0.2, 0.25) is 0 Å². The van der Waals surface area contributed by atoms with Crippen LogP contribution in [0, 0.1) is 5.92 Å². The molecule has 3 nitrogen and oxygen atoms in total. The molecule has 1 saturated heterocycles. The molecule has 2 aliphatic rings. The molecule has 1 aromatic heterocycles. The average molecular weight is 237 g/mol. The second kappa shape index (κ2) is 4.41. The number of fused-ring (bicyclic) bond motifs is 1. The van der Waals surface area contributed by atoms with E-state index in [0.29, 0.717) is 0 Å². The van der Waals surface area contributed by atoms with E-state index in [0.717, 1.165) is 25.3 Å². The van der Waals surface area contributed by atoms with Crippen molar-refractivity contribution in [3.63, 3.8) is 0 Å². The highest BCUT2D eigenvalue weighted by Crippen LogP contribution is 2.29. The normalized spacial score (nSPS) is 29.3. The number of nitrogens with two attached hydrogens (primary N) is 1. The number of thioether (sulfide) groups is 1. The van der Waals surface area contributed by atoms with E-state index < -0.39 is 0 Å². The zero-order chi connectivity index (χ0) is 11.0. The highest BCUT2D eigenvalue weighted by Gasteiger charge is 2.23. The Kier molecular flexibility index (Phi) is 2.94. The Balaban J connectivity index is 1.79. The Morgan fingerprint density at radius 1 is 1.50 bits per heavy atom. The molecule has 2 unspecified atom stereocenters. The van der Waals surface area contributed by atoms with Crippen LogP contribution in [0.15, 0.2) is 6.20 Å². The SMILES string of the molecule is NC1CCCn2c1cnc2CC1CCSC1. The number of imidazole rings is 1. The van der Waals surface area contributed by atoms with Gasteiger partial charge in [0.15, 0.2) is 0 Å². The maximum Gasteiger partial charge on any atom is 0.109 e. The van der Waals surface area contributed by atoms with Crippen molar-refractivity contribution in [1.29, 1.82) is 0 Å². The van der Waals surface area contributed by atoms with Gasteiger partial charge in [0, 0.05) is 19.0 Å². The Morgan fingerprint density at radius 3 is 3.25 bits per heavy atom. The first kappa shape index (κ1) is 10.7. The topological polar surface area (TPSA) is 43.8 Å². The number of aromatic nitrogens is 2. The van der Waals surface area contributed by atoms with E-state index in [9.17, 15) is 0 Å². The smallest absolute Gasteiger partial charge is 0.109 e. The first-order valence-electron chi connectivity index (χ1n) is 6.22. The van der Waals surface area contributed by atoms with Gasteiger partial charge < -0.3 is 10.3 Å². The van der Waals surface area contributed by atoms with Crippen LogP contribution in [0.4, 0.5) is 0 Å². The van der Waals surface area contributed by atoms with Crippen molar-refractivity contribution in [1.82, 2.24) is 9.55 Å². The molecule has 0 amide bonds. The van der Waals surface area contributed by atoms with Crippen LogP contribution >= 0.6 is 11.8 Å². The summed E-state index contributed by atoms with van der Waals surface area (Å²) in [5.41, 5.74) is 7.36. The first-order valence-corrected chi connectivity index (χ1v) is 7.37. The summed E-state index contributed by atoms with van der Waals surface area (Å²) in [6, 6.07) is 0.216. The quantitative estimate of drug-likeness (QED) is 0.855. The van der Waals surface area contributed by atoms with Crippen LogP contribution in [0.2, 0.25) is 0 Å². The summed E-state index contributed by atoms with van der Waals surface area (Å²) in [6.45, 7) is 1.12. The number of hydrogen-bond acceptors (Lipinski definition) is 3. The van der Waals surface area contributed by atoms with Gasteiger partial charge in [-0.1, -0.05) is 0 Å². The lowest BCUT2D eigenvalue weighted by Gasteiger charge is -2.22. The number of rotatable bonds is 2. The minimum Gasteiger partial charge on any atom is -0.331 e. The van der Waals surface area contributed by atoms with E-state index in [1.807, 2.05) is 6.20 Å². The van der Waals surface area contributed by atoms with Crippen LogP contribution in [0.25, 0.3) is 0 Å². The van der Waals surface area contributed by atoms with E-state index in [4.69, 9.17) is 5.73 Å². The molecule has 0 aliphatic carbocycles. The Labute approximate surface area is 101 Å². The van der Waals surface area contributed by atoms with Gasteiger partial charge in [0.05, 0.1) is 11.9 Å². The largest absolute Gasteiger partial charge is 0.331 e. The van der Waals surface area contributed by atoms with E-state index in [-0.39, 0.29) is 6.04 Å². The van der Waals surface area contributed by atoms with Gasteiger partial charge in [-0.2, -0.15) is 11.8 Å². The summed E-state index contributed by atoms with van der Waals surface area (Å²) in [5, 5.41) is 0. The summed E-state index contributed by atoms with van der Waals surface area (Å²) >= 11 is 2.08. The van der Waals surface area contributed by atoms with Crippen molar-refractivity contribution >= 4 is 11.8 Å². The zero-order valence-corrected chi connectivity index (χ0v) is 10.4. The van der Waals surface area contributed by atoms with E-state index in [1.54, 1.807) is 0 Å². The molecule has 3 rings (SSSR count). The minimum atomic E-state index is 0.216. The Hall–Kier alpha value is -0.480. The van der Waals surface area contributed by atoms with E-state index in [2.05, 4.69) is 21.3 Å². The second-order valence-corrected chi connectivity index (χ2v) is 6.08. The predicted molar refractivity (Wildman–Crippen MR) is 67.5 cm³/mol. The molecule has 0 aromatic carbocycles. The summed E-state index contributed by atoms with van der Waals surface area (Å²) in [4.78, 5) is 4.59. The minimum absolute atomic E-state index is 0.216. The molecule has 0 radical (unpaired) electrons. The molecule has 3 heterocycles. The third kappa shape index (κ3) is 1.89. The van der Waals surface area contributed by atoms with Gasteiger partial charge in [-0.15, -0.1) is 0 Å². The molecule has 16 heavy (non-hydrogen) atoms. The maximum absolute atomic E-state index is 6.10. The summed E-state index contributed by atoms with van der Waals surface area (Å²) < 4.78 is 2.37. The summed E-state index contributed by atoms with van der Waals surface area (Å²) in [7, 11) is 0. The average Bonchev–Trinajstić information content (AvgIpc) is 2.90.